The zero-order chi connectivity index (χ0) is 13.2. The maximum Gasteiger partial charge on any atom is 0.169 e. The fourth-order valence-corrected chi connectivity index (χ4v) is 3.44. The highest BCUT2D eigenvalue weighted by molar-refractivity contribution is 6.00. The summed E-state index contributed by atoms with van der Waals surface area (Å²) in [6.45, 7) is 2.55. The van der Waals surface area contributed by atoms with Crippen LogP contribution in [0.3, 0.4) is 0 Å². The monoisotopic (exact) mass is 259 g/mol. The third kappa shape index (κ3) is 2.52. The maximum absolute atomic E-state index is 12.7. The first-order chi connectivity index (χ1) is 9.28. The molecule has 0 aliphatic carbocycles. The van der Waals surface area contributed by atoms with Gasteiger partial charge in [0.2, 0.25) is 0 Å². The summed E-state index contributed by atoms with van der Waals surface area (Å²) < 4.78 is 5.58. The molecule has 3 heteroatoms. The summed E-state index contributed by atoms with van der Waals surface area (Å²) >= 11 is 0. The number of fused-ring (bicyclic) bond motifs is 2. The average molecular weight is 259 g/mol. The van der Waals surface area contributed by atoms with Crippen molar-refractivity contribution in [3.05, 3.63) is 29.8 Å². The number of nitrogens with one attached hydrogen (secondary N) is 1. The van der Waals surface area contributed by atoms with Crippen LogP contribution in [0.5, 0.6) is 5.75 Å². The number of carbonyl (C=O) groups excluding carboxylic acids is 1. The van der Waals surface area contributed by atoms with Gasteiger partial charge in [-0.3, -0.25) is 4.79 Å². The second kappa shape index (κ2) is 5.33. The average Bonchev–Trinajstić information content (AvgIpc) is 2.78. The van der Waals surface area contributed by atoms with E-state index < -0.39 is 0 Å². The van der Waals surface area contributed by atoms with Gasteiger partial charge in [-0.1, -0.05) is 12.1 Å². The summed E-state index contributed by atoms with van der Waals surface area (Å²) in [5, 5.41) is 3.58. The fraction of sp³-hybridized carbons (Fsp3) is 0.562. The van der Waals surface area contributed by atoms with Crippen LogP contribution < -0.4 is 10.1 Å². The Morgan fingerprint density at radius 2 is 1.95 bits per heavy atom. The lowest BCUT2D eigenvalue weighted by molar-refractivity contribution is 0.0872. The molecule has 0 radical (unpaired) electrons. The number of ether oxygens (including phenoxy) is 1. The minimum absolute atomic E-state index is 0.167. The zero-order valence-electron chi connectivity index (χ0n) is 11.4. The van der Waals surface area contributed by atoms with Crippen molar-refractivity contribution in [1.29, 1.82) is 0 Å². The molecule has 2 aliphatic rings. The van der Waals surface area contributed by atoms with Gasteiger partial charge in [-0.15, -0.1) is 0 Å². The molecule has 102 valence electrons. The summed E-state index contributed by atoms with van der Waals surface area (Å²) in [5.41, 5.74) is 0.760. The van der Waals surface area contributed by atoms with Crippen LogP contribution in [-0.2, 0) is 0 Å². The number of carbonyl (C=O) groups is 1. The third-order valence-corrected chi connectivity index (χ3v) is 4.30. The standard InChI is InChI=1S/C16H21NO2/c1-2-19-15-6-4-3-5-14(15)16(18)11-9-12-7-8-13(10-11)17-12/h3-6,11-13,17H,2,7-10H2,1H3. The molecule has 1 N–H and O–H groups in total. The lowest BCUT2D eigenvalue weighted by Gasteiger charge is -2.28. The molecule has 2 atom stereocenters. The Morgan fingerprint density at radius 1 is 1.26 bits per heavy atom. The van der Waals surface area contributed by atoms with Crippen molar-refractivity contribution in [3.8, 4) is 5.75 Å². The lowest BCUT2D eigenvalue weighted by Crippen LogP contribution is -2.40. The van der Waals surface area contributed by atoms with Crippen LogP contribution in [0, 0.1) is 5.92 Å². The number of para-hydroxylation sites is 1. The molecule has 3 rings (SSSR count). The highest BCUT2D eigenvalue weighted by Crippen LogP contribution is 2.34. The summed E-state index contributed by atoms with van der Waals surface area (Å²) in [5.74, 6) is 1.17. The molecule has 3 nitrogen and oxygen atoms in total. The molecule has 2 aliphatic heterocycles. The number of Topliss-reactive ketones (excluding diaryl/α,β-unsaturated/α-hetero) is 1. The van der Waals surface area contributed by atoms with Gasteiger partial charge in [0, 0.05) is 18.0 Å². The number of benzene rings is 1. The molecule has 2 heterocycles. The van der Waals surface area contributed by atoms with E-state index in [1.165, 1.54) is 12.8 Å². The molecule has 0 aromatic heterocycles. The number of rotatable bonds is 4. The van der Waals surface area contributed by atoms with E-state index in [4.69, 9.17) is 4.74 Å². The van der Waals surface area contributed by atoms with Crippen molar-refractivity contribution >= 4 is 5.78 Å². The normalized spacial score (nSPS) is 29.2. The van der Waals surface area contributed by atoms with Gasteiger partial charge in [0.1, 0.15) is 5.75 Å². The van der Waals surface area contributed by atoms with E-state index in [2.05, 4.69) is 5.32 Å². The molecule has 2 unspecified atom stereocenters. The topological polar surface area (TPSA) is 38.3 Å². The van der Waals surface area contributed by atoms with E-state index in [1.807, 2.05) is 31.2 Å². The molecule has 2 saturated heterocycles. The second-order valence-electron chi connectivity index (χ2n) is 5.60. The van der Waals surface area contributed by atoms with E-state index in [0.29, 0.717) is 18.7 Å². The molecule has 2 fully saturated rings. The van der Waals surface area contributed by atoms with Crippen molar-refractivity contribution in [2.24, 2.45) is 5.92 Å². The molecular weight excluding hydrogens is 238 g/mol. The fourth-order valence-electron chi connectivity index (χ4n) is 3.44. The van der Waals surface area contributed by atoms with Crippen molar-refractivity contribution in [1.82, 2.24) is 5.32 Å². The van der Waals surface area contributed by atoms with E-state index in [0.717, 1.165) is 24.2 Å². The SMILES string of the molecule is CCOc1ccccc1C(=O)C1CC2CCC(C1)N2. The van der Waals surface area contributed by atoms with Crippen LogP contribution >= 0.6 is 0 Å². The molecule has 19 heavy (non-hydrogen) atoms. The smallest absolute Gasteiger partial charge is 0.169 e. The van der Waals surface area contributed by atoms with Crippen LogP contribution in [0.1, 0.15) is 43.0 Å². The first-order valence-electron chi connectivity index (χ1n) is 7.30. The van der Waals surface area contributed by atoms with Gasteiger partial charge in [0.25, 0.3) is 0 Å². The minimum Gasteiger partial charge on any atom is -0.493 e. The van der Waals surface area contributed by atoms with Crippen LogP contribution in [0.2, 0.25) is 0 Å². The Bertz CT molecular complexity index is 460. The molecule has 1 aromatic rings. The van der Waals surface area contributed by atoms with Gasteiger partial charge in [0.15, 0.2) is 5.78 Å². The predicted molar refractivity (Wildman–Crippen MR) is 74.6 cm³/mol. The highest BCUT2D eigenvalue weighted by atomic mass is 16.5. The Balaban J connectivity index is 1.80. The number of ketones is 1. The first-order valence-corrected chi connectivity index (χ1v) is 7.30. The van der Waals surface area contributed by atoms with Crippen molar-refractivity contribution < 1.29 is 9.53 Å². The van der Waals surface area contributed by atoms with Crippen LogP contribution in [-0.4, -0.2) is 24.5 Å². The summed E-state index contributed by atoms with van der Waals surface area (Å²) in [6.07, 6.45) is 4.41. The van der Waals surface area contributed by atoms with Gasteiger partial charge in [0.05, 0.1) is 12.2 Å². The van der Waals surface area contributed by atoms with Crippen molar-refractivity contribution in [2.45, 2.75) is 44.7 Å². The zero-order valence-corrected chi connectivity index (χ0v) is 11.4. The van der Waals surface area contributed by atoms with E-state index in [9.17, 15) is 4.79 Å². The van der Waals surface area contributed by atoms with Gasteiger partial charge in [-0.2, -0.15) is 0 Å². The lowest BCUT2D eigenvalue weighted by atomic mass is 9.85. The Morgan fingerprint density at radius 3 is 2.63 bits per heavy atom. The third-order valence-electron chi connectivity index (χ3n) is 4.30. The van der Waals surface area contributed by atoms with Crippen LogP contribution in [0.4, 0.5) is 0 Å². The Kier molecular flexibility index (Phi) is 3.56. The summed E-state index contributed by atoms with van der Waals surface area (Å²) in [6, 6.07) is 8.74. The van der Waals surface area contributed by atoms with Crippen LogP contribution in [0.15, 0.2) is 24.3 Å². The second-order valence-corrected chi connectivity index (χ2v) is 5.60. The number of piperidine rings is 1. The highest BCUT2D eigenvalue weighted by Gasteiger charge is 2.37. The predicted octanol–water partition coefficient (Wildman–Crippen LogP) is 2.80. The number of hydrogen-bond acceptors (Lipinski definition) is 3. The van der Waals surface area contributed by atoms with Crippen LogP contribution in [0.25, 0.3) is 0 Å². The van der Waals surface area contributed by atoms with Crippen molar-refractivity contribution in [2.75, 3.05) is 6.61 Å². The molecule has 1 aromatic carbocycles. The molecule has 0 spiro atoms. The Hall–Kier alpha value is -1.35. The maximum atomic E-state index is 12.7. The summed E-state index contributed by atoms with van der Waals surface area (Å²) in [7, 11) is 0. The van der Waals surface area contributed by atoms with E-state index in [-0.39, 0.29) is 11.7 Å². The minimum atomic E-state index is 0.167. The largest absolute Gasteiger partial charge is 0.493 e. The van der Waals surface area contributed by atoms with E-state index in [1.54, 1.807) is 0 Å². The first kappa shape index (κ1) is 12.7. The van der Waals surface area contributed by atoms with Gasteiger partial charge in [-0.05, 0) is 44.7 Å². The van der Waals surface area contributed by atoms with E-state index >= 15 is 0 Å². The molecule has 0 saturated carbocycles. The van der Waals surface area contributed by atoms with Crippen molar-refractivity contribution in [3.63, 3.8) is 0 Å². The quantitative estimate of drug-likeness (QED) is 0.845. The number of hydrogen-bond donors (Lipinski definition) is 1. The Labute approximate surface area is 114 Å². The van der Waals surface area contributed by atoms with Gasteiger partial charge >= 0.3 is 0 Å². The molecule has 0 amide bonds. The van der Waals surface area contributed by atoms with Gasteiger partial charge in [-0.25, -0.2) is 0 Å². The molecular formula is C16H21NO2. The summed E-state index contributed by atoms with van der Waals surface area (Å²) in [4.78, 5) is 12.7. The van der Waals surface area contributed by atoms with Gasteiger partial charge < -0.3 is 10.1 Å². The molecule has 2 bridgehead atoms.